The molecule has 0 radical (unpaired) electrons. The van der Waals surface area contributed by atoms with Gasteiger partial charge in [-0.2, -0.15) is 25.2 Å². The summed E-state index contributed by atoms with van der Waals surface area (Å²) >= 11 is 0. The van der Waals surface area contributed by atoms with Crippen molar-refractivity contribution in [3.63, 3.8) is 0 Å². The molecular weight excluding hydrogens is 613 g/mol. The summed E-state index contributed by atoms with van der Waals surface area (Å²) < 4.78 is 92.2. The Labute approximate surface area is 249 Å². The lowest BCUT2D eigenvalue weighted by Crippen LogP contribution is -2.27. The highest BCUT2D eigenvalue weighted by atomic mass is 32.3. The minimum atomic E-state index is -6.17. The molecule has 0 spiro atoms. The van der Waals surface area contributed by atoms with Gasteiger partial charge in [0.25, 0.3) is 0 Å². The molecule has 0 aliphatic rings. The van der Waals surface area contributed by atoms with Crippen LogP contribution in [0.1, 0.15) is 41.5 Å². The maximum absolute atomic E-state index is 13.8. The number of carbonyl (C=O) groups excluding carboxylic acids is 2. The van der Waals surface area contributed by atoms with Crippen molar-refractivity contribution in [2.75, 3.05) is 0 Å². The highest BCUT2D eigenvalue weighted by Crippen LogP contribution is 2.70. The maximum Gasteiger partial charge on any atom is 0.524 e. The molecule has 0 saturated heterocycles. The van der Waals surface area contributed by atoms with Gasteiger partial charge in [-0.15, -0.1) is 0 Å². The van der Waals surface area contributed by atoms with E-state index in [9.17, 15) is 31.2 Å². The van der Waals surface area contributed by atoms with E-state index in [4.69, 9.17) is 22.6 Å². The molecule has 0 N–H and O–H groups in total. The summed E-state index contributed by atoms with van der Waals surface area (Å²) in [6, 6.07) is 17.7. The Morgan fingerprint density at radius 3 is 1.26 bits per heavy atom. The summed E-state index contributed by atoms with van der Waals surface area (Å²) in [4.78, 5) is 24.4. The highest BCUT2D eigenvalue weighted by Gasteiger charge is 2.52. The third-order valence-electron chi connectivity index (χ3n) is 5.04. The predicted octanol–water partition coefficient (Wildman–Crippen LogP) is 8.38. The molecule has 0 fully saturated rings. The number of alkyl halides is 3. The van der Waals surface area contributed by atoms with Gasteiger partial charge in [0.2, 0.25) is 0 Å². The van der Waals surface area contributed by atoms with Crippen LogP contribution in [0.3, 0.4) is 0 Å². The number of benzene rings is 3. The van der Waals surface area contributed by atoms with Gasteiger partial charge < -0.3 is 18.9 Å². The molecule has 43 heavy (non-hydrogen) atoms. The van der Waals surface area contributed by atoms with Crippen LogP contribution in [-0.4, -0.2) is 37.4 Å². The van der Waals surface area contributed by atoms with Crippen molar-refractivity contribution in [1.82, 2.24) is 0 Å². The number of hydrogen-bond acceptors (Lipinski definition) is 9. The SMILES string of the molecule is CC(C)(C)OC(=O)Oc1ccc(S(OS(=O)(=O)C(F)(F)F)(c2ccccc2)c2ccc(OC(=O)OC(C)(C)C)cc2)cc1. The average molecular weight is 645 g/mol. The molecule has 0 aliphatic carbocycles. The molecule has 0 saturated carbocycles. The van der Waals surface area contributed by atoms with E-state index in [1.165, 1.54) is 72.8 Å². The van der Waals surface area contributed by atoms with E-state index in [1.807, 2.05) is 0 Å². The molecule has 0 amide bonds. The van der Waals surface area contributed by atoms with E-state index in [-0.39, 0.29) is 26.2 Å². The summed E-state index contributed by atoms with van der Waals surface area (Å²) in [5.41, 5.74) is -7.44. The van der Waals surface area contributed by atoms with Crippen molar-refractivity contribution in [3.05, 3.63) is 78.9 Å². The van der Waals surface area contributed by atoms with Gasteiger partial charge >= 0.3 is 27.9 Å². The van der Waals surface area contributed by atoms with Gasteiger partial charge in [0, 0.05) is 14.7 Å². The van der Waals surface area contributed by atoms with Crippen molar-refractivity contribution in [2.45, 2.75) is 72.9 Å². The fourth-order valence-electron chi connectivity index (χ4n) is 3.44. The van der Waals surface area contributed by atoms with Crippen molar-refractivity contribution in [2.24, 2.45) is 0 Å². The van der Waals surface area contributed by atoms with E-state index >= 15 is 0 Å². The largest absolute Gasteiger partial charge is 0.524 e. The summed E-state index contributed by atoms with van der Waals surface area (Å²) in [6.07, 6.45) is -2.03. The smallest absolute Gasteiger partial charge is 0.428 e. The minimum absolute atomic E-state index is 0.0147. The van der Waals surface area contributed by atoms with Crippen LogP contribution in [0.5, 0.6) is 11.5 Å². The zero-order valence-electron chi connectivity index (χ0n) is 24.1. The molecular formula is C29H31F3O9S2. The van der Waals surface area contributed by atoms with Crippen LogP contribution >= 0.6 is 10.3 Å². The standard InChI is InChI=1S/C29H31F3O9S2/c1-27(2,3)39-25(33)37-20-12-16-23(17-13-20)42(22-10-8-7-9-11-22,41-43(35,36)29(30,31)32)24-18-14-21(15-19-24)38-26(34)40-28(4,5)6/h7-19H,1-6H3. The lowest BCUT2D eigenvalue weighted by Gasteiger charge is -2.39. The van der Waals surface area contributed by atoms with Gasteiger partial charge in [-0.25, -0.2) is 9.59 Å². The van der Waals surface area contributed by atoms with Crippen LogP contribution in [0.2, 0.25) is 0 Å². The van der Waals surface area contributed by atoms with Crippen molar-refractivity contribution in [3.8, 4) is 11.5 Å². The van der Waals surface area contributed by atoms with Crippen molar-refractivity contribution < 1.29 is 53.8 Å². The van der Waals surface area contributed by atoms with Crippen LogP contribution in [0.4, 0.5) is 22.8 Å². The zero-order chi connectivity index (χ0) is 32.3. The third kappa shape index (κ3) is 8.88. The monoisotopic (exact) mass is 644 g/mol. The molecule has 0 aromatic heterocycles. The van der Waals surface area contributed by atoms with Gasteiger partial charge in [-0.1, -0.05) is 18.2 Å². The summed E-state index contributed by atoms with van der Waals surface area (Å²) in [5, 5.41) is 0. The second-order valence-electron chi connectivity index (χ2n) is 10.9. The van der Waals surface area contributed by atoms with E-state index < -0.39 is 49.4 Å². The van der Waals surface area contributed by atoms with Gasteiger partial charge in [0.05, 0.1) is 0 Å². The first-order valence-electron chi connectivity index (χ1n) is 12.6. The Balaban J connectivity index is 2.16. The fourth-order valence-corrected chi connectivity index (χ4v) is 8.17. The molecule has 234 valence electrons. The van der Waals surface area contributed by atoms with E-state index in [0.717, 1.165) is 0 Å². The van der Waals surface area contributed by atoms with Gasteiger partial charge in [0.1, 0.15) is 22.7 Å². The summed E-state index contributed by atoms with van der Waals surface area (Å²) in [6.45, 7) is 9.82. The first-order valence-corrected chi connectivity index (χ1v) is 15.6. The summed E-state index contributed by atoms with van der Waals surface area (Å²) in [7, 11) is -9.85. The molecule has 0 heterocycles. The van der Waals surface area contributed by atoms with Crippen molar-refractivity contribution >= 4 is 32.7 Å². The fraction of sp³-hybridized carbons (Fsp3) is 0.310. The number of carbonyl (C=O) groups is 2. The average Bonchev–Trinajstić information content (AvgIpc) is 2.86. The molecule has 14 heteroatoms. The Bertz CT molecular complexity index is 1450. The Hall–Kier alpha value is -3.75. The number of halogens is 3. The van der Waals surface area contributed by atoms with Crippen molar-refractivity contribution in [1.29, 1.82) is 0 Å². The van der Waals surface area contributed by atoms with Gasteiger partial charge in [-0.3, -0.25) is 0 Å². The first-order chi connectivity index (χ1) is 19.7. The van der Waals surface area contributed by atoms with Crippen LogP contribution < -0.4 is 9.47 Å². The van der Waals surface area contributed by atoms with E-state index in [2.05, 4.69) is 0 Å². The molecule has 9 nitrogen and oxygen atoms in total. The Morgan fingerprint density at radius 1 is 0.581 bits per heavy atom. The topological polar surface area (TPSA) is 114 Å². The van der Waals surface area contributed by atoms with Gasteiger partial charge in [0.15, 0.2) is 0 Å². The lowest BCUT2D eigenvalue weighted by molar-refractivity contribution is -0.0496. The molecule has 3 aromatic rings. The van der Waals surface area contributed by atoms with Crippen LogP contribution in [0.25, 0.3) is 0 Å². The molecule has 0 atom stereocenters. The quantitative estimate of drug-likeness (QED) is 0.142. The predicted molar refractivity (Wildman–Crippen MR) is 151 cm³/mol. The molecule has 0 bridgehead atoms. The highest BCUT2D eigenvalue weighted by molar-refractivity contribution is 8.33. The molecule has 0 aliphatic heterocycles. The Kier molecular flexibility index (Phi) is 9.78. The van der Waals surface area contributed by atoms with Crippen LogP contribution in [0.15, 0.2) is 93.5 Å². The lowest BCUT2D eigenvalue weighted by atomic mass is 10.2. The van der Waals surface area contributed by atoms with E-state index in [1.54, 1.807) is 47.6 Å². The molecule has 0 unspecified atom stereocenters. The first kappa shape index (κ1) is 33.7. The molecule has 3 aromatic carbocycles. The molecule has 3 rings (SSSR count). The number of ether oxygens (including phenoxy) is 4. The third-order valence-corrected chi connectivity index (χ3v) is 9.95. The second-order valence-corrected chi connectivity index (χ2v) is 15.4. The minimum Gasteiger partial charge on any atom is -0.428 e. The normalized spacial score (nSPS) is 13.1. The second kappa shape index (κ2) is 12.5. The number of rotatable bonds is 7. The Morgan fingerprint density at radius 2 is 0.930 bits per heavy atom. The van der Waals surface area contributed by atoms with Gasteiger partial charge in [-0.05, 0) is 113 Å². The van der Waals surface area contributed by atoms with E-state index in [0.29, 0.717) is 0 Å². The maximum atomic E-state index is 13.8. The summed E-state index contributed by atoms with van der Waals surface area (Å²) in [5.74, 6) is -0.0294. The zero-order valence-corrected chi connectivity index (χ0v) is 25.8. The van der Waals surface area contributed by atoms with Crippen LogP contribution in [-0.2, 0) is 23.2 Å². The van der Waals surface area contributed by atoms with Crippen LogP contribution in [0, 0.1) is 0 Å². The number of hydrogen-bond donors (Lipinski definition) is 0.